The Morgan fingerprint density at radius 1 is 1.11 bits per heavy atom. The van der Waals surface area contributed by atoms with Crippen LogP contribution in [0.1, 0.15) is 15.9 Å². The third kappa shape index (κ3) is 3.19. The van der Waals surface area contributed by atoms with E-state index in [1.54, 1.807) is 24.3 Å². The van der Waals surface area contributed by atoms with E-state index < -0.39 is 0 Å². The molecule has 0 heterocycles. The summed E-state index contributed by atoms with van der Waals surface area (Å²) >= 11 is 0. The molecular weight excluding hydrogens is 240 g/mol. The predicted molar refractivity (Wildman–Crippen MR) is 75.3 cm³/mol. The minimum absolute atomic E-state index is 0.205. The molecule has 0 aliphatic rings. The predicted octanol–water partition coefficient (Wildman–Crippen LogP) is 2.82. The van der Waals surface area contributed by atoms with E-state index in [2.05, 4.69) is 10.6 Å². The number of para-hydroxylation sites is 1. The van der Waals surface area contributed by atoms with Gasteiger partial charge in [-0.25, -0.2) is 0 Å². The van der Waals surface area contributed by atoms with Crippen LogP contribution in [-0.4, -0.2) is 12.3 Å². The Kier molecular flexibility index (Phi) is 3.93. The van der Waals surface area contributed by atoms with Crippen LogP contribution < -0.4 is 10.6 Å². The van der Waals surface area contributed by atoms with Gasteiger partial charge in [-0.15, -0.1) is 0 Å². The number of rotatable bonds is 4. The third-order valence-electron chi connectivity index (χ3n) is 2.74. The summed E-state index contributed by atoms with van der Waals surface area (Å²) in [5.74, 6) is -0.205. The lowest BCUT2D eigenvalue weighted by Gasteiger charge is -2.08. The average molecular weight is 254 g/mol. The highest BCUT2D eigenvalue weighted by molar-refractivity contribution is 6.05. The Labute approximate surface area is 111 Å². The van der Waals surface area contributed by atoms with Crippen molar-refractivity contribution in [1.29, 1.82) is 0 Å². The van der Waals surface area contributed by atoms with E-state index in [9.17, 15) is 9.59 Å². The molecule has 2 aromatic rings. The highest BCUT2D eigenvalue weighted by Crippen LogP contribution is 2.16. The molecule has 0 saturated heterocycles. The van der Waals surface area contributed by atoms with E-state index in [0.717, 1.165) is 11.3 Å². The number of carbonyl (C=O) groups is 2. The topological polar surface area (TPSA) is 58.2 Å². The van der Waals surface area contributed by atoms with E-state index in [0.29, 0.717) is 17.7 Å². The van der Waals surface area contributed by atoms with Crippen molar-refractivity contribution >= 4 is 23.7 Å². The van der Waals surface area contributed by atoms with Gasteiger partial charge in [0.15, 0.2) is 0 Å². The summed E-state index contributed by atoms with van der Waals surface area (Å²) in [5, 5.41) is 5.36. The summed E-state index contributed by atoms with van der Waals surface area (Å²) in [5.41, 5.74) is 2.86. The van der Waals surface area contributed by atoms with E-state index in [-0.39, 0.29) is 5.91 Å². The van der Waals surface area contributed by atoms with Gasteiger partial charge in [0.05, 0.1) is 0 Å². The lowest BCUT2D eigenvalue weighted by atomic mass is 10.1. The highest BCUT2D eigenvalue weighted by atomic mass is 16.1. The molecule has 96 valence electrons. The Balaban J connectivity index is 2.18. The van der Waals surface area contributed by atoms with Gasteiger partial charge in [0.25, 0.3) is 5.91 Å². The number of aryl methyl sites for hydroxylation is 1. The van der Waals surface area contributed by atoms with Gasteiger partial charge >= 0.3 is 0 Å². The van der Waals surface area contributed by atoms with Crippen LogP contribution in [0.25, 0.3) is 0 Å². The van der Waals surface area contributed by atoms with Gasteiger partial charge in [-0.1, -0.05) is 24.3 Å². The van der Waals surface area contributed by atoms with Crippen molar-refractivity contribution in [2.24, 2.45) is 0 Å². The van der Waals surface area contributed by atoms with Crippen LogP contribution in [-0.2, 0) is 4.79 Å². The van der Waals surface area contributed by atoms with E-state index in [1.165, 1.54) is 0 Å². The molecule has 0 aliphatic carbocycles. The number of anilines is 2. The Morgan fingerprint density at radius 3 is 2.63 bits per heavy atom. The number of nitrogens with one attached hydrogen (secondary N) is 2. The lowest BCUT2D eigenvalue weighted by molar-refractivity contribution is -0.105. The molecule has 2 N–H and O–H groups in total. The molecule has 19 heavy (non-hydrogen) atoms. The molecule has 2 rings (SSSR count). The zero-order chi connectivity index (χ0) is 13.7. The van der Waals surface area contributed by atoms with Gasteiger partial charge in [-0.3, -0.25) is 9.59 Å². The van der Waals surface area contributed by atoms with Crippen LogP contribution in [0.2, 0.25) is 0 Å². The smallest absolute Gasteiger partial charge is 0.255 e. The maximum Gasteiger partial charge on any atom is 0.255 e. The summed E-state index contributed by atoms with van der Waals surface area (Å²) in [7, 11) is 0. The van der Waals surface area contributed by atoms with Crippen LogP contribution in [0.15, 0.2) is 48.5 Å². The summed E-state index contributed by atoms with van der Waals surface area (Å²) < 4.78 is 0. The SMILES string of the molecule is Cc1ccccc1NC(=O)c1cccc(NC=O)c1. The first-order chi connectivity index (χ1) is 9.20. The summed E-state index contributed by atoms with van der Waals surface area (Å²) in [6, 6.07) is 14.3. The molecule has 0 fully saturated rings. The van der Waals surface area contributed by atoms with Gasteiger partial charge in [0.1, 0.15) is 0 Å². The zero-order valence-corrected chi connectivity index (χ0v) is 10.5. The zero-order valence-electron chi connectivity index (χ0n) is 10.5. The molecule has 2 aromatic carbocycles. The number of hydrogen-bond acceptors (Lipinski definition) is 2. The molecule has 0 spiro atoms. The number of carbonyl (C=O) groups excluding carboxylic acids is 2. The summed E-state index contributed by atoms with van der Waals surface area (Å²) in [6.45, 7) is 1.93. The first kappa shape index (κ1) is 12.8. The van der Waals surface area contributed by atoms with Crippen molar-refractivity contribution in [1.82, 2.24) is 0 Å². The molecule has 0 saturated carbocycles. The van der Waals surface area contributed by atoms with Gasteiger partial charge in [0.2, 0.25) is 6.41 Å². The van der Waals surface area contributed by atoms with Gasteiger partial charge in [-0.05, 0) is 36.8 Å². The van der Waals surface area contributed by atoms with Crippen LogP contribution in [0.5, 0.6) is 0 Å². The Hall–Kier alpha value is -2.62. The van der Waals surface area contributed by atoms with Crippen molar-refractivity contribution in [2.45, 2.75) is 6.92 Å². The van der Waals surface area contributed by atoms with Crippen molar-refractivity contribution in [3.8, 4) is 0 Å². The molecule has 2 amide bonds. The largest absolute Gasteiger partial charge is 0.329 e. The fourth-order valence-corrected chi connectivity index (χ4v) is 1.73. The molecule has 4 heteroatoms. The molecule has 0 aromatic heterocycles. The fraction of sp³-hybridized carbons (Fsp3) is 0.0667. The van der Waals surface area contributed by atoms with Crippen molar-refractivity contribution < 1.29 is 9.59 Å². The Bertz CT molecular complexity index is 609. The highest BCUT2D eigenvalue weighted by Gasteiger charge is 2.07. The van der Waals surface area contributed by atoms with Crippen molar-refractivity contribution in [3.05, 3.63) is 59.7 Å². The monoisotopic (exact) mass is 254 g/mol. The van der Waals surface area contributed by atoms with Gasteiger partial charge in [-0.2, -0.15) is 0 Å². The van der Waals surface area contributed by atoms with Crippen LogP contribution in [0.3, 0.4) is 0 Å². The molecule has 4 nitrogen and oxygen atoms in total. The lowest BCUT2D eigenvalue weighted by Crippen LogP contribution is -2.13. The second-order valence-electron chi connectivity index (χ2n) is 4.11. The number of benzene rings is 2. The van der Waals surface area contributed by atoms with Crippen LogP contribution in [0.4, 0.5) is 11.4 Å². The van der Waals surface area contributed by atoms with Crippen molar-refractivity contribution in [2.75, 3.05) is 10.6 Å². The molecule has 0 bridgehead atoms. The summed E-state index contributed by atoms with van der Waals surface area (Å²) in [6.07, 6.45) is 0.582. The molecule has 0 unspecified atom stereocenters. The molecular formula is C15H14N2O2. The summed E-state index contributed by atoms with van der Waals surface area (Å²) in [4.78, 5) is 22.5. The second kappa shape index (κ2) is 5.82. The Morgan fingerprint density at radius 2 is 1.89 bits per heavy atom. The van der Waals surface area contributed by atoms with E-state index in [4.69, 9.17) is 0 Å². The average Bonchev–Trinajstić information content (AvgIpc) is 2.42. The first-order valence-corrected chi connectivity index (χ1v) is 5.88. The maximum atomic E-state index is 12.1. The van der Waals surface area contributed by atoms with Gasteiger partial charge in [0, 0.05) is 16.9 Å². The van der Waals surface area contributed by atoms with Crippen LogP contribution >= 0.6 is 0 Å². The number of amides is 2. The number of hydrogen-bond donors (Lipinski definition) is 2. The fourth-order valence-electron chi connectivity index (χ4n) is 1.73. The second-order valence-corrected chi connectivity index (χ2v) is 4.11. The standard InChI is InChI=1S/C15H14N2O2/c1-11-5-2-3-8-14(11)17-15(19)12-6-4-7-13(9-12)16-10-18/h2-10H,1H3,(H,16,18)(H,17,19). The van der Waals surface area contributed by atoms with E-state index >= 15 is 0 Å². The minimum Gasteiger partial charge on any atom is -0.329 e. The normalized spacial score (nSPS) is 9.74. The third-order valence-corrected chi connectivity index (χ3v) is 2.74. The minimum atomic E-state index is -0.205. The van der Waals surface area contributed by atoms with Gasteiger partial charge < -0.3 is 10.6 Å². The molecule has 0 atom stereocenters. The molecule has 0 aliphatic heterocycles. The maximum absolute atomic E-state index is 12.1. The van der Waals surface area contributed by atoms with Crippen molar-refractivity contribution in [3.63, 3.8) is 0 Å². The van der Waals surface area contributed by atoms with E-state index in [1.807, 2.05) is 31.2 Å². The van der Waals surface area contributed by atoms with Crippen LogP contribution in [0, 0.1) is 6.92 Å². The first-order valence-electron chi connectivity index (χ1n) is 5.88. The quantitative estimate of drug-likeness (QED) is 0.824. The molecule has 0 radical (unpaired) electrons.